The number of rotatable bonds is 24. The zero-order valence-electron chi connectivity index (χ0n) is 87.4. The van der Waals surface area contributed by atoms with Gasteiger partial charge >= 0.3 is 0 Å². The highest BCUT2D eigenvalue weighted by molar-refractivity contribution is 9.10. The molecule has 1 aliphatic rings. The van der Waals surface area contributed by atoms with Crippen LogP contribution in [0.5, 0.6) is 92.6 Å². The molecule has 0 bridgehead atoms. The Morgan fingerprint density at radius 3 is 1.28 bits per heavy atom. The number of benzene rings is 7. The zero-order chi connectivity index (χ0) is 103. The van der Waals surface area contributed by atoms with E-state index in [0.717, 1.165) is 127 Å². The summed E-state index contributed by atoms with van der Waals surface area (Å²) in [5.74, 6) is 12.0. The molecule has 0 spiro atoms. The lowest BCUT2D eigenvalue weighted by Crippen LogP contribution is -2.27. The molecule has 16 rings (SSSR count). The maximum atomic E-state index is 11.7. The lowest BCUT2D eigenvalue weighted by molar-refractivity contribution is 0.126. The van der Waals surface area contributed by atoms with E-state index in [1.807, 2.05) is 311 Å². The van der Waals surface area contributed by atoms with Crippen molar-refractivity contribution < 1.29 is 80.5 Å². The highest BCUT2D eigenvalue weighted by Gasteiger charge is 2.28. The van der Waals surface area contributed by atoms with Crippen LogP contribution in [0.3, 0.4) is 0 Å². The molecule has 0 saturated heterocycles. The summed E-state index contributed by atoms with van der Waals surface area (Å²) in [6, 6.07) is 47.8. The van der Waals surface area contributed by atoms with Gasteiger partial charge in [-0.3, -0.25) is 9.48 Å². The van der Waals surface area contributed by atoms with Crippen molar-refractivity contribution in [2.24, 2.45) is 0 Å². The Hall–Kier alpha value is -13.1. The average molecular weight is 2020 g/mol. The minimum Gasteiger partial charge on any atom is -0.497 e. The van der Waals surface area contributed by atoms with Gasteiger partial charge in [0.15, 0.2) is 5.82 Å². The van der Waals surface area contributed by atoms with Gasteiger partial charge in [-0.1, -0.05) is 11.6 Å². The fraction of sp³-hybridized carbons (Fsp3) is 0.414. The summed E-state index contributed by atoms with van der Waals surface area (Å²) < 4.78 is 99.8. The molecule has 8 aromatic heterocycles. The molecule has 141 heavy (non-hydrogen) atoms. The highest BCUT2D eigenvalue weighted by Crippen LogP contribution is 2.44. The molecule has 30 heteroatoms. The van der Waals surface area contributed by atoms with Crippen molar-refractivity contribution in [3.8, 4) is 98.5 Å². The van der Waals surface area contributed by atoms with Crippen molar-refractivity contribution in [1.82, 2.24) is 49.5 Å². The van der Waals surface area contributed by atoms with E-state index >= 15 is 0 Å². The summed E-state index contributed by atoms with van der Waals surface area (Å²) in [5, 5.41) is 17.4. The molecule has 0 N–H and O–H groups in total. The van der Waals surface area contributed by atoms with Gasteiger partial charge in [0.25, 0.3) is 0 Å². The molecule has 7 aromatic carbocycles. The molecule has 0 unspecified atom stereocenters. The molecule has 754 valence electrons. The van der Waals surface area contributed by atoms with Gasteiger partial charge < -0.3 is 80.5 Å². The molecule has 0 amide bonds. The van der Waals surface area contributed by atoms with Crippen LogP contribution < -0.4 is 81.2 Å². The van der Waals surface area contributed by atoms with Gasteiger partial charge in [-0.05, 0) is 328 Å². The Bertz CT molecular complexity index is 6520. The molecule has 0 atom stereocenters. The Labute approximate surface area is 841 Å². The lowest BCUT2D eigenvalue weighted by atomic mass is 10.1. The molecule has 1 aliphatic carbocycles. The fourth-order valence-corrected chi connectivity index (χ4v) is 14.9. The molecular formula is C111H138BrClN10O18. The predicted molar refractivity (Wildman–Crippen MR) is 566 cm³/mol. The van der Waals surface area contributed by atoms with E-state index in [-0.39, 0.29) is 44.6 Å². The van der Waals surface area contributed by atoms with Crippen LogP contribution in [0.4, 0.5) is 0 Å². The monoisotopic (exact) mass is 2010 g/mol. The third kappa shape index (κ3) is 31.9. The maximum Gasteiger partial charge on any atom is 0.221 e. The normalized spacial score (nSPS) is 12.1. The van der Waals surface area contributed by atoms with Gasteiger partial charge in [-0.25, -0.2) is 34.6 Å². The van der Waals surface area contributed by atoms with Gasteiger partial charge in [0.05, 0.1) is 106 Å². The van der Waals surface area contributed by atoms with E-state index in [9.17, 15) is 4.79 Å². The Morgan fingerprint density at radius 1 is 0.397 bits per heavy atom. The molecule has 0 aliphatic heterocycles. The second-order valence-corrected chi connectivity index (χ2v) is 40.8. The first kappa shape index (κ1) is 110. The molecule has 1 saturated carbocycles. The topological polar surface area (TPSA) is 287 Å². The van der Waals surface area contributed by atoms with Crippen molar-refractivity contribution in [3.63, 3.8) is 0 Å². The zero-order valence-corrected chi connectivity index (χ0v) is 89.8. The van der Waals surface area contributed by atoms with Gasteiger partial charge in [-0.15, -0.1) is 0 Å². The van der Waals surface area contributed by atoms with Gasteiger partial charge in [0, 0.05) is 112 Å². The van der Waals surface area contributed by atoms with Gasteiger partial charge in [0.1, 0.15) is 114 Å². The number of nitrogens with zero attached hydrogens (tertiary/aromatic N) is 10. The standard InChI is InChI=1S/C17H19N3O2.C17H23NO3.C16H20BrNO3.C16H20ClNO3.C16H21NO3.C16H19NO2.C13H16N2O2/c1-17(2,3)22-15-11-16(20-9-5-8-18-20)19-14-10-12(21-4)6-7-13(14)15;1-7-20-15-10-14(21-17(3,4)5)12-8-9-13(19-6)11(2)16(12)18-15;2*1-6-20-13-9-12(21-16(2,3)4)10-7-8-11(19-5)14(17)15(10)18-13;1-16(2,3)20-15-14-6-5-13(19-10-9-18-4)11-12(14)7-8-17-15;1-16(2,3)19-15-14-7-6-13(18-12-4-5-12)10-11(14)8-9-17-15;1-13(2,3)15-11-7-9(17-4)5-6-10(11)12(16)8-14-15/h5-11H,1-4H3;8-10H,7H2,1-6H3;2*7-9H,6H2,1-5H3;5-8,11H,9-10H2,1-4H3;6-10,12H,4-5H2,1-3H3;5-8H,1-4H3. The van der Waals surface area contributed by atoms with E-state index in [1.54, 1.807) is 84.1 Å². The van der Waals surface area contributed by atoms with Crippen LogP contribution in [0.1, 0.15) is 185 Å². The Balaban J connectivity index is 0.000000169. The summed E-state index contributed by atoms with van der Waals surface area (Å²) in [5.41, 5.74) is 2.84. The molecule has 1 fully saturated rings. The third-order valence-corrected chi connectivity index (χ3v) is 21.0. The number of hydrogen-bond acceptors (Lipinski definition) is 26. The Kier molecular flexibility index (Phi) is 37.3. The molecule has 15 aromatic rings. The number of aryl methyl sites for hydroxylation is 1. The first-order valence-corrected chi connectivity index (χ1v) is 48.1. The Morgan fingerprint density at radius 2 is 0.823 bits per heavy atom. The van der Waals surface area contributed by atoms with Gasteiger partial charge in [-0.2, -0.15) is 10.2 Å². The van der Waals surface area contributed by atoms with Gasteiger partial charge in [0.2, 0.25) is 34.8 Å². The minimum absolute atomic E-state index is 0.0665. The van der Waals surface area contributed by atoms with Crippen molar-refractivity contribution in [2.75, 3.05) is 75.7 Å². The number of fused-ring (bicyclic) bond motifs is 7. The van der Waals surface area contributed by atoms with Crippen LogP contribution in [0.25, 0.3) is 81.9 Å². The first-order chi connectivity index (χ1) is 66.5. The number of methoxy groups -OCH3 is 6. The van der Waals surface area contributed by atoms with Crippen LogP contribution in [0.2, 0.25) is 5.02 Å². The van der Waals surface area contributed by atoms with E-state index in [2.05, 4.69) is 62.1 Å². The SMILES string of the molecule is CC(C)(C)Oc1nccc2cc(OC3CC3)ccc12.CCOc1cc(OC(C)(C)C)c2ccc(OC)c(Br)c2n1.CCOc1cc(OC(C)(C)C)c2ccc(OC)c(C)c2n1.CCOc1cc(OC(C)(C)C)c2ccc(OC)c(Cl)c2n1.COCCOc1ccc2c(OC(C)(C)C)nccc2c1.COc1ccc2c(=O)cnn(C(C)(C)C)c2c1.COc1ccc2c(OC(C)(C)C)cc(-n3cccn3)nc2c1. The number of pyridine rings is 6. The van der Waals surface area contributed by atoms with Crippen molar-refractivity contribution in [1.29, 1.82) is 0 Å². The van der Waals surface area contributed by atoms with E-state index in [1.165, 1.54) is 19.0 Å². The van der Waals surface area contributed by atoms with Crippen molar-refractivity contribution in [2.45, 2.75) is 231 Å². The quantitative estimate of drug-likeness (QED) is 0.0508. The van der Waals surface area contributed by atoms with E-state index < -0.39 is 0 Å². The highest BCUT2D eigenvalue weighted by atomic mass is 79.9. The van der Waals surface area contributed by atoms with Crippen molar-refractivity contribution >= 4 is 104 Å². The number of ether oxygens (including phenoxy) is 17. The summed E-state index contributed by atoms with van der Waals surface area (Å²) >= 11 is 9.90. The first-order valence-electron chi connectivity index (χ1n) is 46.9. The van der Waals surface area contributed by atoms with Crippen LogP contribution >= 0.6 is 27.5 Å². The summed E-state index contributed by atoms with van der Waals surface area (Å²) in [7, 11) is 9.78. The van der Waals surface area contributed by atoms with Crippen LogP contribution in [-0.2, 0) is 10.3 Å². The van der Waals surface area contributed by atoms with E-state index in [4.69, 9.17) is 92.1 Å². The fourth-order valence-electron chi connectivity index (χ4n) is 14.0. The number of halogens is 2. The van der Waals surface area contributed by atoms with Crippen LogP contribution in [0, 0.1) is 6.92 Å². The number of hydrogen-bond donors (Lipinski definition) is 0. The third-order valence-electron chi connectivity index (χ3n) is 19.9. The van der Waals surface area contributed by atoms with Crippen LogP contribution in [-0.4, -0.2) is 165 Å². The molecular weight excluding hydrogens is 1880 g/mol. The second-order valence-electron chi connectivity index (χ2n) is 39.6. The van der Waals surface area contributed by atoms with E-state index in [0.29, 0.717) is 102 Å². The maximum absolute atomic E-state index is 11.7. The smallest absolute Gasteiger partial charge is 0.221 e. The number of aromatic nitrogens is 10. The van der Waals surface area contributed by atoms with Crippen molar-refractivity contribution in [3.05, 3.63) is 208 Å². The second kappa shape index (κ2) is 47.9. The summed E-state index contributed by atoms with van der Waals surface area (Å²) in [4.78, 5) is 38.6. The average Bonchev–Trinajstić information content (AvgIpc) is 1.65. The molecule has 8 heterocycles. The molecule has 0 radical (unpaired) electrons. The largest absolute Gasteiger partial charge is 0.497 e. The summed E-state index contributed by atoms with van der Waals surface area (Å²) in [6.45, 7) is 52.9. The molecule has 28 nitrogen and oxygen atoms in total. The van der Waals surface area contributed by atoms with Crippen LogP contribution in [0.15, 0.2) is 192 Å². The summed E-state index contributed by atoms with van der Waals surface area (Å²) in [6.07, 6.45) is 11.2. The lowest BCUT2D eigenvalue weighted by Gasteiger charge is -2.23. The predicted octanol–water partition coefficient (Wildman–Crippen LogP) is 26.3. The minimum atomic E-state index is -0.329.